The van der Waals surface area contributed by atoms with Crippen molar-refractivity contribution in [2.75, 3.05) is 4.90 Å². The summed E-state index contributed by atoms with van der Waals surface area (Å²) >= 11 is 0. The number of para-hydroxylation sites is 1. The van der Waals surface area contributed by atoms with Crippen LogP contribution in [0.4, 0.5) is 5.69 Å². The Balaban J connectivity index is 3.29. The van der Waals surface area contributed by atoms with E-state index in [9.17, 15) is 24.3 Å². The minimum atomic E-state index is -2.31. The second kappa shape index (κ2) is 6.81. The van der Waals surface area contributed by atoms with Crippen molar-refractivity contribution in [2.24, 2.45) is 5.73 Å². The van der Waals surface area contributed by atoms with E-state index in [2.05, 4.69) is 0 Å². The number of anilines is 1. The first kappa shape index (κ1) is 17.3. The van der Waals surface area contributed by atoms with E-state index in [1.807, 2.05) is 0 Å². The van der Waals surface area contributed by atoms with Crippen molar-refractivity contribution < 1.29 is 29.4 Å². The van der Waals surface area contributed by atoms with Crippen LogP contribution in [0.1, 0.15) is 13.3 Å². The normalized spacial score (nSPS) is 14.5. The zero-order valence-electron chi connectivity index (χ0n) is 11.8. The first-order valence-electron chi connectivity index (χ1n) is 6.30. The molecular formula is C14H16N2O6. The maximum absolute atomic E-state index is 12.3. The van der Waals surface area contributed by atoms with Gasteiger partial charge in [-0.3, -0.25) is 19.3 Å². The molecule has 118 valence electrons. The zero-order valence-corrected chi connectivity index (χ0v) is 11.8. The highest BCUT2D eigenvalue weighted by atomic mass is 16.4. The number of carbonyl (C=O) groups is 4. The number of hydrogen-bond donors (Lipinski definition) is 3. The number of carboxylic acid groups (broad SMARTS) is 2. The summed E-state index contributed by atoms with van der Waals surface area (Å²) in [6.45, 7) is 1.01. The second-order valence-corrected chi connectivity index (χ2v) is 4.76. The van der Waals surface area contributed by atoms with Gasteiger partial charge in [0.1, 0.15) is 0 Å². The number of Topliss-reactive ketones (excluding diaryl/α,β-unsaturated/α-hetero) is 1. The molecule has 0 heterocycles. The van der Waals surface area contributed by atoms with Gasteiger partial charge >= 0.3 is 11.9 Å². The number of rotatable bonds is 8. The molecule has 22 heavy (non-hydrogen) atoms. The summed E-state index contributed by atoms with van der Waals surface area (Å²) in [4.78, 5) is 46.7. The van der Waals surface area contributed by atoms with Crippen LogP contribution in [0.25, 0.3) is 0 Å². The minimum absolute atomic E-state index is 0.179. The largest absolute Gasteiger partial charge is 0.481 e. The average Bonchev–Trinajstić information content (AvgIpc) is 2.47. The Bertz CT molecular complexity index is 588. The second-order valence-electron chi connectivity index (χ2n) is 4.76. The van der Waals surface area contributed by atoms with Gasteiger partial charge in [0.05, 0.1) is 12.5 Å². The Labute approximate surface area is 126 Å². The van der Waals surface area contributed by atoms with Crippen LogP contribution >= 0.6 is 0 Å². The standard InChI is InChI=1S/C14H16N2O6/c1-14(13(21)22,12(20)10(15)7-11(18)19)16(8-17)9-5-3-2-4-6-9/h2-6,8,10H,7,15H2,1H3,(H,18,19)(H,21,22)/t10-,14+/m0/s1. The number of hydrogen-bond acceptors (Lipinski definition) is 5. The highest BCUT2D eigenvalue weighted by Gasteiger charge is 2.49. The topological polar surface area (TPSA) is 138 Å². The lowest BCUT2D eigenvalue weighted by Crippen LogP contribution is -2.62. The molecule has 0 bridgehead atoms. The summed E-state index contributed by atoms with van der Waals surface area (Å²) in [6.07, 6.45) is -0.530. The lowest BCUT2D eigenvalue weighted by atomic mass is 9.88. The Morgan fingerprint density at radius 2 is 1.82 bits per heavy atom. The Kier molecular flexibility index (Phi) is 5.36. The molecule has 0 aromatic heterocycles. The predicted octanol–water partition coefficient (Wildman–Crippen LogP) is -0.136. The van der Waals surface area contributed by atoms with E-state index >= 15 is 0 Å². The minimum Gasteiger partial charge on any atom is -0.481 e. The third kappa shape index (κ3) is 3.29. The first-order valence-corrected chi connectivity index (χ1v) is 6.30. The Morgan fingerprint density at radius 3 is 2.23 bits per heavy atom. The van der Waals surface area contributed by atoms with Crippen LogP contribution in [0.5, 0.6) is 0 Å². The van der Waals surface area contributed by atoms with Crippen LogP contribution in [-0.4, -0.2) is 45.9 Å². The molecule has 2 atom stereocenters. The van der Waals surface area contributed by atoms with Crippen molar-refractivity contribution in [3.8, 4) is 0 Å². The smallest absolute Gasteiger partial charge is 0.337 e. The molecule has 0 unspecified atom stereocenters. The number of nitrogens with two attached hydrogens (primary N) is 1. The van der Waals surface area contributed by atoms with Gasteiger partial charge in [0.2, 0.25) is 11.9 Å². The highest BCUT2D eigenvalue weighted by molar-refractivity contribution is 6.16. The fourth-order valence-electron chi connectivity index (χ4n) is 1.98. The molecule has 0 radical (unpaired) electrons. The third-order valence-electron chi connectivity index (χ3n) is 3.25. The molecule has 0 saturated carbocycles. The van der Waals surface area contributed by atoms with Crippen molar-refractivity contribution in [3.05, 3.63) is 30.3 Å². The molecule has 1 rings (SSSR count). The van der Waals surface area contributed by atoms with Crippen molar-refractivity contribution in [1.29, 1.82) is 0 Å². The van der Waals surface area contributed by atoms with Crippen molar-refractivity contribution in [2.45, 2.75) is 24.9 Å². The summed E-state index contributed by atoms with van der Waals surface area (Å²) in [5.74, 6) is -4.02. The molecular weight excluding hydrogens is 292 g/mol. The zero-order chi connectivity index (χ0) is 16.9. The van der Waals surface area contributed by atoms with Crippen molar-refractivity contribution in [3.63, 3.8) is 0 Å². The number of aliphatic carboxylic acids is 2. The van der Waals surface area contributed by atoms with E-state index in [1.165, 1.54) is 12.1 Å². The van der Waals surface area contributed by atoms with E-state index in [0.29, 0.717) is 0 Å². The molecule has 1 amide bonds. The Morgan fingerprint density at radius 1 is 1.27 bits per heavy atom. The molecule has 0 saturated heterocycles. The van der Waals surface area contributed by atoms with Gasteiger partial charge in [0, 0.05) is 5.69 Å². The Hall–Kier alpha value is -2.74. The number of amides is 1. The molecule has 0 aliphatic heterocycles. The number of carbonyl (C=O) groups excluding carboxylic acids is 2. The lowest BCUT2D eigenvalue weighted by molar-refractivity contribution is -0.150. The average molecular weight is 308 g/mol. The first-order chi connectivity index (χ1) is 10.2. The summed E-state index contributed by atoms with van der Waals surface area (Å²) in [5, 5.41) is 18.1. The van der Waals surface area contributed by atoms with Crippen LogP contribution < -0.4 is 10.6 Å². The third-order valence-corrected chi connectivity index (χ3v) is 3.25. The maximum Gasteiger partial charge on any atom is 0.337 e. The molecule has 1 aromatic rings. The lowest BCUT2D eigenvalue weighted by Gasteiger charge is -2.35. The van der Waals surface area contributed by atoms with E-state index < -0.39 is 35.7 Å². The number of nitrogens with zero attached hydrogens (tertiary/aromatic N) is 1. The van der Waals surface area contributed by atoms with Gasteiger partial charge in [-0.25, -0.2) is 4.79 Å². The van der Waals surface area contributed by atoms with Crippen LogP contribution in [0.2, 0.25) is 0 Å². The van der Waals surface area contributed by atoms with E-state index in [0.717, 1.165) is 11.8 Å². The van der Waals surface area contributed by atoms with Gasteiger partial charge in [0.15, 0.2) is 5.78 Å². The van der Waals surface area contributed by atoms with Gasteiger partial charge in [-0.2, -0.15) is 0 Å². The molecule has 4 N–H and O–H groups in total. The van der Waals surface area contributed by atoms with Crippen molar-refractivity contribution in [1.82, 2.24) is 0 Å². The van der Waals surface area contributed by atoms with Crippen LogP contribution in [0, 0.1) is 0 Å². The molecule has 8 heteroatoms. The van der Waals surface area contributed by atoms with Gasteiger partial charge in [-0.15, -0.1) is 0 Å². The van der Waals surface area contributed by atoms with Gasteiger partial charge in [-0.1, -0.05) is 18.2 Å². The van der Waals surface area contributed by atoms with Gasteiger partial charge in [-0.05, 0) is 19.1 Å². The quantitative estimate of drug-likeness (QED) is 0.449. The maximum atomic E-state index is 12.3. The SMILES string of the molecule is C[C@](C(=O)O)(C(=O)[C@@H](N)CC(=O)O)N(C=O)c1ccccc1. The summed E-state index contributed by atoms with van der Waals surface area (Å²) in [5.41, 5.74) is 3.35. The molecule has 8 nitrogen and oxygen atoms in total. The fraction of sp³-hybridized carbons (Fsp3) is 0.286. The number of benzene rings is 1. The summed E-state index contributed by atoms with van der Waals surface area (Å²) in [6, 6.07) is 6.13. The van der Waals surface area contributed by atoms with Crippen molar-refractivity contribution >= 4 is 29.8 Å². The summed E-state index contributed by atoms with van der Waals surface area (Å²) < 4.78 is 0. The molecule has 0 spiro atoms. The predicted molar refractivity (Wildman–Crippen MR) is 76.3 cm³/mol. The molecule has 0 fully saturated rings. The van der Waals surface area contributed by atoms with Gasteiger partial charge < -0.3 is 15.9 Å². The van der Waals surface area contributed by atoms with Crippen LogP contribution in [0.3, 0.4) is 0 Å². The van der Waals surface area contributed by atoms with E-state index in [1.54, 1.807) is 18.2 Å². The fourth-order valence-corrected chi connectivity index (χ4v) is 1.98. The molecule has 1 aromatic carbocycles. The monoisotopic (exact) mass is 308 g/mol. The molecule has 0 aliphatic rings. The summed E-state index contributed by atoms with van der Waals surface area (Å²) in [7, 11) is 0. The van der Waals surface area contributed by atoms with E-state index in [-0.39, 0.29) is 12.1 Å². The van der Waals surface area contributed by atoms with Gasteiger partial charge in [0.25, 0.3) is 0 Å². The van der Waals surface area contributed by atoms with Crippen LogP contribution in [0.15, 0.2) is 30.3 Å². The highest BCUT2D eigenvalue weighted by Crippen LogP contribution is 2.25. The number of ketones is 1. The van der Waals surface area contributed by atoms with Crippen LogP contribution in [-0.2, 0) is 19.2 Å². The molecule has 0 aliphatic carbocycles. The number of carboxylic acids is 2. The van der Waals surface area contributed by atoms with E-state index in [4.69, 9.17) is 10.8 Å².